The molecule has 0 atom stereocenters. The summed E-state index contributed by atoms with van der Waals surface area (Å²) in [4.78, 5) is 38.2. The average Bonchev–Trinajstić information content (AvgIpc) is 3.32. The van der Waals surface area contributed by atoms with Crippen LogP contribution in [0.2, 0.25) is 0 Å². The molecule has 2 amide bonds. The first kappa shape index (κ1) is 21.8. The fourth-order valence-corrected chi connectivity index (χ4v) is 3.20. The van der Waals surface area contributed by atoms with Crippen molar-refractivity contribution in [1.29, 1.82) is 0 Å². The molecule has 162 valence electrons. The van der Waals surface area contributed by atoms with Crippen molar-refractivity contribution < 1.29 is 28.4 Å². The number of likely N-dealkylation sites (N-methyl/N-ethyl adjacent to an activating group) is 1. The van der Waals surface area contributed by atoms with Crippen molar-refractivity contribution in [3.63, 3.8) is 0 Å². The summed E-state index contributed by atoms with van der Waals surface area (Å²) in [5, 5.41) is 18.1. The third-order valence-electron chi connectivity index (χ3n) is 4.98. The first-order chi connectivity index (χ1) is 14.8. The lowest BCUT2D eigenvalue weighted by atomic mass is 10.0. The maximum absolute atomic E-state index is 12.6. The fraction of sp³-hybridized carbons (Fsp3) is 0.273. The topological polar surface area (TPSA) is 129 Å². The summed E-state index contributed by atoms with van der Waals surface area (Å²) in [7, 11) is 0. The largest absolute Gasteiger partial charge is 0.541 e. The van der Waals surface area contributed by atoms with Gasteiger partial charge in [-0.1, -0.05) is 11.2 Å². The van der Waals surface area contributed by atoms with Crippen LogP contribution in [-0.4, -0.2) is 40.9 Å². The second-order valence-corrected chi connectivity index (χ2v) is 6.89. The molecular formula is C22H22N3O6-. The molecule has 0 aliphatic rings. The molecule has 0 aliphatic carbocycles. The van der Waals surface area contributed by atoms with Crippen LogP contribution in [-0.2, 0) is 4.79 Å². The smallest absolute Gasteiger partial charge is 0.261 e. The number of benzene rings is 1. The summed E-state index contributed by atoms with van der Waals surface area (Å²) in [6.07, 6.45) is 2.76. The van der Waals surface area contributed by atoms with E-state index < -0.39 is 17.6 Å². The van der Waals surface area contributed by atoms with Gasteiger partial charge in [-0.3, -0.25) is 9.59 Å². The number of amides is 2. The van der Waals surface area contributed by atoms with Gasteiger partial charge in [0.1, 0.15) is 22.9 Å². The minimum Gasteiger partial charge on any atom is -0.541 e. The molecule has 0 unspecified atom stereocenters. The second kappa shape index (κ2) is 8.86. The maximum atomic E-state index is 12.6. The number of carbonyl (C=O) groups excluding carboxylic acids is 3. The molecule has 0 aliphatic heterocycles. The van der Waals surface area contributed by atoms with E-state index in [2.05, 4.69) is 10.5 Å². The average molecular weight is 424 g/mol. The van der Waals surface area contributed by atoms with Crippen LogP contribution in [0.1, 0.15) is 53.0 Å². The van der Waals surface area contributed by atoms with Crippen LogP contribution in [0.15, 0.2) is 39.4 Å². The van der Waals surface area contributed by atoms with Crippen LogP contribution in [0.5, 0.6) is 0 Å². The summed E-state index contributed by atoms with van der Waals surface area (Å²) >= 11 is 0. The Balaban J connectivity index is 2.04. The van der Waals surface area contributed by atoms with Gasteiger partial charge < -0.3 is 29.1 Å². The Kier molecular flexibility index (Phi) is 6.24. The van der Waals surface area contributed by atoms with Gasteiger partial charge in [-0.2, -0.15) is 0 Å². The standard InChI is InChI=1S/C22H23N3O6/c1-5-25(6-2)18(26)9-12(3)14-7-8-17-15(10-14)19(20(30-17)22(28)29)24-21(27)16-11-23-31-13(16)4/h7-11H,5-6H2,1-4H3,(H,24,27)(H,28,29)/p-1/b12-9+. The van der Waals surface area contributed by atoms with Gasteiger partial charge in [-0.15, -0.1) is 0 Å². The Morgan fingerprint density at radius 3 is 2.52 bits per heavy atom. The maximum Gasteiger partial charge on any atom is 0.261 e. The summed E-state index contributed by atoms with van der Waals surface area (Å²) in [5.41, 5.74) is 1.74. The molecule has 3 rings (SSSR count). The summed E-state index contributed by atoms with van der Waals surface area (Å²) < 4.78 is 10.3. The quantitative estimate of drug-likeness (QED) is 0.577. The van der Waals surface area contributed by atoms with Crippen LogP contribution in [0, 0.1) is 6.92 Å². The Bertz CT molecular complexity index is 1180. The lowest BCUT2D eigenvalue weighted by molar-refractivity contribution is -0.256. The highest BCUT2D eigenvalue weighted by molar-refractivity contribution is 6.13. The van der Waals surface area contributed by atoms with E-state index in [0.29, 0.717) is 29.6 Å². The van der Waals surface area contributed by atoms with E-state index in [1.807, 2.05) is 13.8 Å². The van der Waals surface area contributed by atoms with Crippen molar-refractivity contribution >= 4 is 40.0 Å². The van der Waals surface area contributed by atoms with E-state index in [0.717, 1.165) is 0 Å². The van der Waals surface area contributed by atoms with Gasteiger partial charge in [-0.05, 0) is 51.0 Å². The lowest BCUT2D eigenvalue weighted by Gasteiger charge is -2.16. The summed E-state index contributed by atoms with van der Waals surface area (Å²) in [6.45, 7) is 8.32. The van der Waals surface area contributed by atoms with Crippen LogP contribution >= 0.6 is 0 Å². The number of carboxylic acids is 1. The molecule has 1 aromatic carbocycles. The normalized spacial score (nSPS) is 11.5. The molecule has 2 aromatic heterocycles. The zero-order valence-corrected chi connectivity index (χ0v) is 17.6. The van der Waals surface area contributed by atoms with Gasteiger partial charge in [0.2, 0.25) is 5.91 Å². The van der Waals surface area contributed by atoms with Crippen LogP contribution in [0.3, 0.4) is 0 Å². The number of nitrogens with zero attached hydrogens (tertiary/aromatic N) is 2. The van der Waals surface area contributed by atoms with E-state index >= 15 is 0 Å². The highest BCUT2D eigenvalue weighted by Crippen LogP contribution is 2.33. The number of carboxylic acid groups (broad SMARTS) is 1. The van der Waals surface area contributed by atoms with Crippen LogP contribution in [0.4, 0.5) is 5.69 Å². The Hall–Kier alpha value is -3.88. The molecule has 31 heavy (non-hydrogen) atoms. The number of aromatic carboxylic acids is 1. The van der Waals surface area contributed by atoms with Gasteiger partial charge in [0, 0.05) is 24.6 Å². The molecule has 9 nitrogen and oxygen atoms in total. The van der Waals surface area contributed by atoms with Crippen molar-refractivity contribution in [1.82, 2.24) is 10.1 Å². The fourth-order valence-electron chi connectivity index (χ4n) is 3.20. The SMILES string of the molecule is CCN(CC)C(=O)/C=C(\C)c1ccc2oc(C(=O)[O-])c(NC(=O)c3cnoc3C)c2c1. The monoisotopic (exact) mass is 424 g/mol. The van der Waals surface area contributed by atoms with Crippen molar-refractivity contribution in [2.24, 2.45) is 0 Å². The van der Waals surface area contributed by atoms with Crippen molar-refractivity contribution in [2.45, 2.75) is 27.7 Å². The highest BCUT2D eigenvalue weighted by Gasteiger charge is 2.21. The van der Waals surface area contributed by atoms with Crippen LogP contribution in [0.25, 0.3) is 16.5 Å². The third-order valence-corrected chi connectivity index (χ3v) is 4.98. The number of rotatable bonds is 7. The van der Waals surface area contributed by atoms with Gasteiger partial charge in [0.25, 0.3) is 5.91 Å². The van der Waals surface area contributed by atoms with E-state index in [4.69, 9.17) is 8.94 Å². The molecule has 0 saturated heterocycles. The Labute approximate surface area is 178 Å². The minimum atomic E-state index is -1.57. The van der Waals surface area contributed by atoms with Crippen molar-refractivity contribution in [3.05, 3.63) is 53.1 Å². The molecule has 0 spiro atoms. The number of hydrogen-bond donors (Lipinski definition) is 1. The predicted octanol–water partition coefficient (Wildman–Crippen LogP) is 2.62. The molecule has 1 N–H and O–H groups in total. The molecular weight excluding hydrogens is 402 g/mol. The molecule has 0 fully saturated rings. The lowest BCUT2D eigenvalue weighted by Crippen LogP contribution is -2.28. The summed E-state index contributed by atoms with van der Waals surface area (Å²) in [5.74, 6) is -2.51. The number of carbonyl (C=O) groups is 3. The molecule has 0 saturated carbocycles. The number of aryl methyl sites for hydroxylation is 1. The predicted molar refractivity (Wildman–Crippen MR) is 111 cm³/mol. The number of allylic oxidation sites excluding steroid dienone is 1. The van der Waals surface area contributed by atoms with Gasteiger partial charge in [-0.25, -0.2) is 0 Å². The zero-order valence-electron chi connectivity index (χ0n) is 17.6. The molecule has 0 radical (unpaired) electrons. The van der Waals surface area contributed by atoms with E-state index in [-0.39, 0.29) is 28.5 Å². The van der Waals surface area contributed by atoms with E-state index in [1.54, 1.807) is 36.9 Å². The minimum absolute atomic E-state index is 0.0367. The summed E-state index contributed by atoms with van der Waals surface area (Å²) in [6, 6.07) is 4.95. The molecule has 2 heterocycles. The van der Waals surface area contributed by atoms with Crippen LogP contribution < -0.4 is 10.4 Å². The first-order valence-corrected chi connectivity index (χ1v) is 9.74. The Morgan fingerprint density at radius 2 is 1.94 bits per heavy atom. The first-order valence-electron chi connectivity index (χ1n) is 9.74. The zero-order chi connectivity index (χ0) is 22.7. The van der Waals surface area contributed by atoms with E-state index in [9.17, 15) is 19.5 Å². The van der Waals surface area contributed by atoms with Gasteiger partial charge >= 0.3 is 0 Å². The molecule has 3 aromatic rings. The molecule has 0 bridgehead atoms. The number of hydrogen-bond acceptors (Lipinski definition) is 7. The van der Waals surface area contributed by atoms with Crippen molar-refractivity contribution in [2.75, 3.05) is 18.4 Å². The van der Waals surface area contributed by atoms with Crippen molar-refractivity contribution in [3.8, 4) is 0 Å². The number of furan rings is 1. The Morgan fingerprint density at radius 1 is 1.23 bits per heavy atom. The number of anilines is 1. The van der Waals surface area contributed by atoms with Gasteiger partial charge in [0.05, 0.1) is 11.9 Å². The number of aromatic nitrogens is 1. The molecule has 9 heteroatoms. The second-order valence-electron chi connectivity index (χ2n) is 6.89. The highest BCUT2D eigenvalue weighted by atomic mass is 16.5. The van der Waals surface area contributed by atoms with Gasteiger partial charge in [0.15, 0.2) is 5.76 Å². The number of nitrogens with one attached hydrogen (secondary N) is 1. The third kappa shape index (κ3) is 4.35. The number of fused-ring (bicyclic) bond motifs is 1. The van der Waals surface area contributed by atoms with E-state index in [1.165, 1.54) is 12.3 Å².